The van der Waals surface area contributed by atoms with E-state index in [0.717, 1.165) is 6.07 Å². The quantitative estimate of drug-likeness (QED) is 0.751. The maximum Gasteiger partial charge on any atom is 0.244 e. The maximum atomic E-state index is 13.4. The van der Waals surface area contributed by atoms with Gasteiger partial charge >= 0.3 is 0 Å². The fraction of sp³-hybridized carbons (Fsp3) is 0.231. The zero-order valence-corrected chi connectivity index (χ0v) is 12.5. The first kappa shape index (κ1) is 14.8. The van der Waals surface area contributed by atoms with Gasteiger partial charge in [0.25, 0.3) is 0 Å². The van der Waals surface area contributed by atoms with Crippen LogP contribution in [0, 0.1) is 27.6 Å². The van der Waals surface area contributed by atoms with Gasteiger partial charge in [-0.05, 0) is 47.7 Å². The summed E-state index contributed by atoms with van der Waals surface area (Å²) in [5.41, 5.74) is 1.40. The molecule has 0 unspecified atom stereocenters. The summed E-state index contributed by atoms with van der Waals surface area (Å²) < 4.78 is 40.4. The van der Waals surface area contributed by atoms with E-state index in [1.165, 1.54) is 16.8 Å². The normalized spacial score (nSPS) is 10.8. The predicted molar refractivity (Wildman–Crippen MR) is 75.4 cm³/mol. The van der Waals surface area contributed by atoms with Gasteiger partial charge in [0.1, 0.15) is 5.82 Å². The van der Waals surface area contributed by atoms with Crippen LogP contribution in [0.4, 0.5) is 13.2 Å². The van der Waals surface area contributed by atoms with Crippen LogP contribution in [0.2, 0.25) is 0 Å². The summed E-state index contributed by atoms with van der Waals surface area (Å²) in [5.74, 6) is -0.570. The van der Waals surface area contributed by atoms with Crippen molar-refractivity contribution in [1.29, 1.82) is 5.26 Å². The van der Waals surface area contributed by atoms with Gasteiger partial charge in [-0.25, -0.2) is 17.9 Å². The van der Waals surface area contributed by atoms with E-state index in [1.807, 2.05) is 28.7 Å². The van der Waals surface area contributed by atoms with E-state index < -0.39 is 18.7 Å². The lowest BCUT2D eigenvalue weighted by atomic mass is 10.2. The van der Waals surface area contributed by atoms with E-state index in [9.17, 15) is 13.2 Å². The van der Waals surface area contributed by atoms with Crippen LogP contribution in [-0.2, 0) is 6.42 Å². The summed E-state index contributed by atoms with van der Waals surface area (Å²) in [6.07, 6.45) is -2.94. The molecule has 7 heteroatoms. The van der Waals surface area contributed by atoms with Gasteiger partial charge in [0.05, 0.1) is 38.7 Å². The summed E-state index contributed by atoms with van der Waals surface area (Å²) in [5, 5.41) is 12.9. The minimum absolute atomic E-state index is 0.153. The highest BCUT2D eigenvalue weighted by Gasteiger charge is 2.17. The van der Waals surface area contributed by atoms with E-state index in [0.29, 0.717) is 15.0 Å². The largest absolute Gasteiger partial charge is 0.244 e. The molecule has 0 spiro atoms. The zero-order chi connectivity index (χ0) is 14.9. The van der Waals surface area contributed by atoms with Crippen molar-refractivity contribution in [2.24, 2.45) is 0 Å². The van der Waals surface area contributed by atoms with Crippen molar-refractivity contribution in [3.8, 4) is 11.8 Å². The molecular weight excluding hydrogens is 382 g/mol. The molecule has 104 valence electrons. The molecule has 0 saturated heterocycles. The van der Waals surface area contributed by atoms with Gasteiger partial charge in [0, 0.05) is 0 Å². The van der Waals surface area contributed by atoms with Crippen LogP contribution < -0.4 is 0 Å². The molecule has 0 N–H and O–H groups in total. The summed E-state index contributed by atoms with van der Waals surface area (Å²) in [4.78, 5) is 0. The molecule has 0 atom stereocenters. The molecule has 0 aliphatic rings. The number of rotatable bonds is 3. The van der Waals surface area contributed by atoms with Crippen LogP contribution in [0.3, 0.4) is 0 Å². The molecule has 0 aliphatic heterocycles. The van der Waals surface area contributed by atoms with Crippen LogP contribution >= 0.6 is 22.6 Å². The Morgan fingerprint density at radius 3 is 2.70 bits per heavy atom. The van der Waals surface area contributed by atoms with Crippen molar-refractivity contribution in [3.05, 3.63) is 44.5 Å². The molecule has 1 heterocycles. The number of nitriles is 1. The van der Waals surface area contributed by atoms with Crippen LogP contribution in [-0.4, -0.2) is 16.2 Å². The van der Waals surface area contributed by atoms with Crippen LogP contribution in [0.1, 0.15) is 17.0 Å². The molecule has 20 heavy (non-hydrogen) atoms. The van der Waals surface area contributed by atoms with E-state index in [-0.39, 0.29) is 11.3 Å². The molecular formula is C13H9F3IN3. The molecule has 0 bridgehead atoms. The Kier molecular flexibility index (Phi) is 4.32. The topological polar surface area (TPSA) is 41.6 Å². The van der Waals surface area contributed by atoms with Gasteiger partial charge in [-0.15, -0.1) is 0 Å². The number of aromatic nitrogens is 2. The van der Waals surface area contributed by atoms with Gasteiger partial charge in [-0.2, -0.15) is 10.4 Å². The molecule has 3 nitrogen and oxygen atoms in total. The van der Waals surface area contributed by atoms with Crippen LogP contribution in [0.15, 0.2) is 18.2 Å². The molecule has 0 fully saturated rings. The molecule has 0 aliphatic carbocycles. The van der Waals surface area contributed by atoms with Gasteiger partial charge in [-0.1, -0.05) is 0 Å². The SMILES string of the molecule is Cc1c(I)c(CC(F)F)nn1-c1cc(F)cc(C#N)c1. The molecule has 0 saturated carbocycles. The van der Waals surface area contributed by atoms with Crippen molar-refractivity contribution >= 4 is 22.6 Å². The van der Waals surface area contributed by atoms with Gasteiger partial charge < -0.3 is 0 Å². The average molecular weight is 391 g/mol. The Morgan fingerprint density at radius 2 is 2.10 bits per heavy atom. The number of halogens is 4. The third-order valence-electron chi connectivity index (χ3n) is 2.71. The fourth-order valence-electron chi connectivity index (χ4n) is 1.83. The standard InChI is InChI=1S/C13H9F3IN3/c1-7-13(17)11(5-12(15)16)19-20(7)10-3-8(6-18)2-9(14)4-10/h2-4,12H,5H2,1H3. The van der Waals surface area contributed by atoms with Crippen molar-refractivity contribution < 1.29 is 13.2 Å². The van der Waals surface area contributed by atoms with E-state index in [1.54, 1.807) is 6.92 Å². The summed E-state index contributed by atoms with van der Waals surface area (Å²) in [7, 11) is 0. The molecule has 1 aromatic carbocycles. The minimum atomic E-state index is -2.49. The van der Waals surface area contributed by atoms with E-state index >= 15 is 0 Å². The van der Waals surface area contributed by atoms with E-state index in [2.05, 4.69) is 5.10 Å². The lowest BCUT2D eigenvalue weighted by molar-refractivity contribution is 0.147. The van der Waals surface area contributed by atoms with Gasteiger partial charge in [-0.3, -0.25) is 0 Å². The monoisotopic (exact) mass is 391 g/mol. The second kappa shape index (κ2) is 5.83. The first-order valence-corrected chi connectivity index (χ1v) is 6.73. The van der Waals surface area contributed by atoms with Crippen molar-refractivity contribution in [1.82, 2.24) is 9.78 Å². The number of hydrogen-bond donors (Lipinski definition) is 0. The third-order valence-corrected chi connectivity index (χ3v) is 4.12. The van der Waals surface area contributed by atoms with Gasteiger partial charge in [0.2, 0.25) is 6.43 Å². The average Bonchev–Trinajstić information content (AvgIpc) is 2.66. The Labute approximate surface area is 127 Å². The summed E-state index contributed by atoms with van der Waals surface area (Å²) in [6.45, 7) is 1.71. The second-order valence-electron chi connectivity index (χ2n) is 4.16. The highest BCUT2D eigenvalue weighted by Crippen LogP contribution is 2.23. The number of hydrogen-bond acceptors (Lipinski definition) is 2. The number of nitrogens with zero attached hydrogens (tertiary/aromatic N) is 3. The smallest absolute Gasteiger partial charge is 0.237 e. The lowest BCUT2D eigenvalue weighted by Gasteiger charge is -2.05. The van der Waals surface area contributed by atoms with Crippen molar-refractivity contribution in [2.45, 2.75) is 19.8 Å². The molecule has 0 amide bonds. The first-order chi connectivity index (χ1) is 9.42. The molecule has 1 aromatic heterocycles. The maximum absolute atomic E-state index is 13.4. The van der Waals surface area contributed by atoms with Crippen molar-refractivity contribution in [2.75, 3.05) is 0 Å². The summed E-state index contributed by atoms with van der Waals surface area (Å²) in [6, 6.07) is 5.63. The highest BCUT2D eigenvalue weighted by molar-refractivity contribution is 14.1. The minimum Gasteiger partial charge on any atom is -0.237 e. The molecule has 0 radical (unpaired) electrons. The molecule has 2 rings (SSSR count). The Balaban J connectivity index is 2.53. The molecule has 2 aromatic rings. The van der Waals surface area contributed by atoms with Crippen molar-refractivity contribution in [3.63, 3.8) is 0 Å². The summed E-state index contributed by atoms with van der Waals surface area (Å²) >= 11 is 1.94. The van der Waals surface area contributed by atoms with Crippen LogP contribution in [0.25, 0.3) is 5.69 Å². The first-order valence-electron chi connectivity index (χ1n) is 5.65. The van der Waals surface area contributed by atoms with Gasteiger partial charge in [0.15, 0.2) is 0 Å². The number of alkyl halides is 2. The van der Waals surface area contributed by atoms with Crippen LogP contribution in [0.5, 0.6) is 0 Å². The predicted octanol–water partition coefficient (Wildman–Crippen LogP) is 3.60. The fourth-order valence-corrected chi connectivity index (χ4v) is 2.39. The zero-order valence-electron chi connectivity index (χ0n) is 10.4. The Bertz CT molecular complexity index is 689. The van der Waals surface area contributed by atoms with E-state index in [4.69, 9.17) is 5.26 Å². The Hall–Kier alpha value is -1.56. The lowest BCUT2D eigenvalue weighted by Crippen LogP contribution is -2.02. The highest BCUT2D eigenvalue weighted by atomic mass is 127. The third kappa shape index (κ3) is 2.95. The Morgan fingerprint density at radius 1 is 1.40 bits per heavy atom. The second-order valence-corrected chi connectivity index (χ2v) is 5.24. The number of benzene rings is 1.